The van der Waals surface area contributed by atoms with Crippen LogP contribution in [0.15, 0.2) is 12.6 Å². The summed E-state index contributed by atoms with van der Waals surface area (Å²) in [6, 6.07) is 0. The summed E-state index contributed by atoms with van der Waals surface area (Å²) in [5, 5.41) is 0. The summed E-state index contributed by atoms with van der Waals surface area (Å²) in [5.74, 6) is 1.52. The molecule has 0 aromatic carbocycles. The summed E-state index contributed by atoms with van der Waals surface area (Å²) in [6.07, 6.45) is 0. The van der Waals surface area contributed by atoms with E-state index in [2.05, 4.69) is 11.2 Å². The van der Waals surface area contributed by atoms with E-state index in [4.69, 9.17) is 9.14 Å². The van der Waals surface area contributed by atoms with E-state index < -0.39 is 0 Å². The number of hydrogen-bond acceptors (Lipinski definition) is 3. The van der Waals surface area contributed by atoms with Crippen LogP contribution in [0.25, 0.3) is 0 Å². The molecule has 2 radical (unpaired) electrons. The highest BCUT2D eigenvalue weighted by Gasteiger charge is 2.19. The van der Waals surface area contributed by atoms with Crippen LogP contribution in [-0.4, -0.2) is 22.5 Å². The molecule has 0 saturated carbocycles. The van der Waals surface area contributed by atoms with Gasteiger partial charge in [0.15, 0.2) is 0 Å². The molecule has 1 saturated heterocycles. The Morgan fingerprint density at radius 2 is 2.00 bits per heavy atom. The Hall–Kier alpha value is -0.185. The maximum Gasteiger partial charge on any atom is 0.458 e. The van der Waals surface area contributed by atoms with Gasteiger partial charge in [0.2, 0.25) is 0 Å². The van der Waals surface area contributed by atoms with Crippen LogP contribution in [0.5, 0.6) is 0 Å². The molecule has 8 heavy (non-hydrogen) atoms. The summed E-state index contributed by atoms with van der Waals surface area (Å²) >= 11 is 0. The maximum absolute atomic E-state index is 4.71. The highest BCUT2D eigenvalue weighted by molar-refractivity contribution is 6.64. The monoisotopic (exact) mass is 108 g/mol. The molecule has 0 aromatic heterocycles. The van der Waals surface area contributed by atoms with E-state index in [0.29, 0.717) is 0 Å². The summed E-state index contributed by atoms with van der Waals surface area (Å²) in [7, 11) is 2.00. The van der Waals surface area contributed by atoms with Crippen LogP contribution in [0, 0.1) is 0 Å². The van der Waals surface area contributed by atoms with Crippen molar-refractivity contribution in [1.29, 1.82) is 0 Å². The smallest absolute Gasteiger partial charge is 0.457 e. The minimum absolute atomic E-state index is 0.385. The van der Waals surface area contributed by atoms with Crippen LogP contribution in [0.1, 0.15) is 0 Å². The van der Waals surface area contributed by atoms with Crippen molar-refractivity contribution in [2.75, 3.05) is 0 Å². The van der Waals surface area contributed by atoms with Gasteiger partial charge in [0, 0.05) is 0 Å². The van der Waals surface area contributed by atoms with Crippen molar-refractivity contribution in [2.45, 2.75) is 0 Å². The second kappa shape index (κ2) is 2.97. The second-order valence-corrected chi connectivity index (χ2v) is 1.20. The lowest BCUT2D eigenvalue weighted by Gasteiger charge is -2.14. The van der Waals surface area contributed by atoms with Crippen molar-refractivity contribution in [3.8, 4) is 0 Å². The first kappa shape index (κ1) is 5.94. The molecule has 1 heterocycles. The zero-order chi connectivity index (χ0) is 5.82. The molecule has 0 amide bonds. The lowest BCUT2D eigenvalue weighted by Crippen LogP contribution is -2.33. The van der Waals surface area contributed by atoms with Crippen LogP contribution in [-0.2, 0) is 13.7 Å². The van der Waals surface area contributed by atoms with Gasteiger partial charge in [-0.25, -0.2) is 0 Å². The first-order valence-electron chi connectivity index (χ1n) is 2.16. The average Bonchev–Trinajstić information content (AvgIpc) is 1.90. The molecular formula is C2H3B3O3. The minimum Gasteiger partial charge on any atom is -0.457 e. The Kier molecular flexibility index (Phi) is 2.20. The van der Waals surface area contributed by atoms with Crippen molar-refractivity contribution in [1.82, 2.24) is 0 Å². The van der Waals surface area contributed by atoms with E-state index in [9.17, 15) is 0 Å². The number of rotatable bonds is 1. The van der Waals surface area contributed by atoms with E-state index in [1.54, 1.807) is 0 Å². The molecule has 6 heteroatoms. The van der Waals surface area contributed by atoms with Gasteiger partial charge in [-0.1, -0.05) is 5.98 Å². The van der Waals surface area contributed by atoms with Crippen molar-refractivity contribution >= 4 is 22.5 Å². The van der Waals surface area contributed by atoms with Crippen LogP contribution >= 0.6 is 0 Å². The average molecular weight is 107 g/mol. The van der Waals surface area contributed by atoms with E-state index in [1.165, 1.54) is 21.3 Å². The van der Waals surface area contributed by atoms with Crippen molar-refractivity contribution in [2.24, 2.45) is 0 Å². The van der Waals surface area contributed by atoms with Crippen LogP contribution < -0.4 is 0 Å². The summed E-state index contributed by atoms with van der Waals surface area (Å²) in [4.78, 5) is 0. The van der Waals surface area contributed by atoms with Crippen molar-refractivity contribution < 1.29 is 13.7 Å². The maximum atomic E-state index is 4.71. The van der Waals surface area contributed by atoms with Crippen molar-refractivity contribution in [3.05, 3.63) is 12.6 Å². The fourth-order valence-corrected chi connectivity index (χ4v) is 0.340. The summed E-state index contributed by atoms with van der Waals surface area (Å²) in [5.41, 5.74) is 0. The first-order valence-corrected chi connectivity index (χ1v) is 2.16. The minimum atomic E-state index is -0.385. The molecule has 1 fully saturated rings. The molecule has 0 bridgehead atoms. The largest absolute Gasteiger partial charge is 0.458 e. The van der Waals surface area contributed by atoms with E-state index in [1.807, 2.05) is 0 Å². The normalized spacial score (nSPS) is 18.8. The third-order valence-corrected chi connectivity index (χ3v) is 0.683. The molecule has 1 aliphatic heterocycles. The van der Waals surface area contributed by atoms with Gasteiger partial charge in [-0.15, -0.1) is 6.58 Å². The first-order chi connectivity index (χ1) is 3.93. The van der Waals surface area contributed by atoms with Crippen LogP contribution in [0.2, 0.25) is 0 Å². The Morgan fingerprint density at radius 1 is 1.38 bits per heavy atom. The molecule has 0 N–H and O–H groups in total. The molecule has 0 aromatic rings. The molecule has 3 nitrogen and oxygen atoms in total. The highest BCUT2D eigenvalue weighted by atomic mass is 16.7. The van der Waals surface area contributed by atoms with Gasteiger partial charge in [0.05, 0.1) is 0 Å². The molecule has 0 aliphatic carbocycles. The standard InChI is InChI=1S/C2H3B3O3/c1-2-5-7-3-6-4-8-5/h2H,1H2. The third-order valence-electron chi connectivity index (χ3n) is 0.683. The third kappa shape index (κ3) is 1.40. The zero-order valence-electron chi connectivity index (χ0n) is 4.24. The van der Waals surface area contributed by atoms with Crippen molar-refractivity contribution in [3.63, 3.8) is 0 Å². The van der Waals surface area contributed by atoms with E-state index >= 15 is 0 Å². The lowest BCUT2D eigenvalue weighted by molar-refractivity contribution is 0.333. The van der Waals surface area contributed by atoms with E-state index in [-0.39, 0.29) is 7.12 Å². The molecule has 0 spiro atoms. The zero-order valence-corrected chi connectivity index (χ0v) is 4.24. The van der Waals surface area contributed by atoms with Gasteiger partial charge in [0.25, 0.3) is 0 Å². The Balaban J connectivity index is 2.22. The molecule has 38 valence electrons. The topological polar surface area (TPSA) is 27.7 Å². The summed E-state index contributed by atoms with van der Waals surface area (Å²) in [6.45, 7) is 3.44. The lowest BCUT2D eigenvalue weighted by atomic mass is 9.86. The van der Waals surface area contributed by atoms with Gasteiger partial charge < -0.3 is 13.7 Å². The Bertz CT molecular complexity index is 80.6. The van der Waals surface area contributed by atoms with Gasteiger partial charge in [-0.2, -0.15) is 0 Å². The Labute approximate surface area is 49.8 Å². The van der Waals surface area contributed by atoms with Gasteiger partial charge in [0.1, 0.15) is 0 Å². The summed E-state index contributed by atoms with van der Waals surface area (Å²) < 4.78 is 13.9. The predicted molar refractivity (Wildman–Crippen MR) is 30.7 cm³/mol. The molecule has 1 aliphatic rings. The quantitative estimate of drug-likeness (QED) is 0.416. The molecule has 1 rings (SSSR count). The van der Waals surface area contributed by atoms with E-state index in [0.717, 1.165) is 0 Å². The van der Waals surface area contributed by atoms with Crippen LogP contribution in [0.4, 0.5) is 0 Å². The molecular weight excluding hydrogens is 104 g/mol. The fourth-order valence-electron chi connectivity index (χ4n) is 0.340. The molecule has 0 atom stereocenters. The van der Waals surface area contributed by atoms with Gasteiger partial charge >= 0.3 is 22.5 Å². The molecule has 0 unspecified atom stereocenters. The SMILES string of the molecule is C=CB1O[B]O[B]O1. The van der Waals surface area contributed by atoms with Gasteiger partial charge in [-0.05, 0) is 0 Å². The highest BCUT2D eigenvalue weighted by Crippen LogP contribution is 1.93. The van der Waals surface area contributed by atoms with Gasteiger partial charge in [-0.3, -0.25) is 0 Å². The Morgan fingerprint density at radius 3 is 2.38 bits per heavy atom. The fraction of sp³-hybridized carbons (Fsp3) is 0. The predicted octanol–water partition coefficient (Wildman–Crippen LogP) is -0.668. The second-order valence-electron chi connectivity index (χ2n) is 1.20. The van der Waals surface area contributed by atoms with Crippen LogP contribution in [0.3, 0.4) is 0 Å². The number of hydrogen-bond donors (Lipinski definition) is 0.